The maximum absolute atomic E-state index is 13.7. The number of carbonyl (C=O) groups is 2. The number of carbonyl (C=O) groups excluding carboxylic acids is 2. The van der Waals surface area contributed by atoms with Gasteiger partial charge >= 0.3 is 5.97 Å². The number of benzene rings is 1. The standard InChI is InChI=1S/C27H28ClNO6/c1-14-22(26(32)35-12-16-5-4-8-33-16)23(24-19(29-14)10-27(2,3)11-20(24)30)18-13-34-21-7-6-15(28)9-17(21)25(18)31/h6-7,9,13,16,23,29H,4-5,8,10-12H2,1-3H3. The average Bonchev–Trinajstić information content (AvgIpc) is 3.30. The minimum Gasteiger partial charge on any atom is -0.464 e. The first-order chi connectivity index (χ1) is 16.6. The lowest BCUT2D eigenvalue weighted by atomic mass is 9.68. The van der Waals surface area contributed by atoms with Gasteiger partial charge < -0.3 is 19.2 Å². The second-order valence-electron chi connectivity index (χ2n) is 10.3. The number of nitrogens with one attached hydrogen (secondary N) is 1. The largest absolute Gasteiger partial charge is 0.464 e. The Kier molecular flexibility index (Phi) is 6.09. The Bertz CT molecular complexity index is 1350. The number of halogens is 1. The smallest absolute Gasteiger partial charge is 0.336 e. The molecular weight excluding hydrogens is 470 g/mol. The zero-order valence-electron chi connectivity index (χ0n) is 20.0. The molecule has 2 aromatic rings. The molecule has 8 heteroatoms. The van der Waals surface area contributed by atoms with E-state index in [1.165, 1.54) is 6.26 Å². The Balaban J connectivity index is 1.63. The minimum absolute atomic E-state index is 0.101. The first-order valence-corrected chi connectivity index (χ1v) is 12.3. The molecule has 0 radical (unpaired) electrons. The van der Waals surface area contributed by atoms with E-state index in [-0.39, 0.29) is 40.5 Å². The summed E-state index contributed by atoms with van der Waals surface area (Å²) in [5.41, 5.74) is 1.97. The lowest BCUT2D eigenvalue weighted by Gasteiger charge is -2.39. The highest BCUT2D eigenvalue weighted by molar-refractivity contribution is 6.31. The summed E-state index contributed by atoms with van der Waals surface area (Å²) < 4.78 is 17.0. The maximum atomic E-state index is 13.7. The van der Waals surface area contributed by atoms with E-state index in [9.17, 15) is 14.4 Å². The summed E-state index contributed by atoms with van der Waals surface area (Å²) in [6, 6.07) is 4.81. The summed E-state index contributed by atoms with van der Waals surface area (Å²) in [6.07, 6.45) is 3.89. The summed E-state index contributed by atoms with van der Waals surface area (Å²) in [6.45, 7) is 6.60. The minimum atomic E-state index is -0.897. The van der Waals surface area contributed by atoms with E-state index in [2.05, 4.69) is 5.32 Å². The van der Waals surface area contributed by atoms with E-state index in [0.29, 0.717) is 46.7 Å². The molecule has 0 amide bonds. The van der Waals surface area contributed by atoms with Crippen LogP contribution in [0.1, 0.15) is 57.9 Å². The fourth-order valence-corrected chi connectivity index (χ4v) is 5.53. The number of ether oxygens (including phenoxy) is 2. The maximum Gasteiger partial charge on any atom is 0.336 e. The van der Waals surface area contributed by atoms with Gasteiger partial charge in [0.15, 0.2) is 11.2 Å². The quantitative estimate of drug-likeness (QED) is 0.608. The van der Waals surface area contributed by atoms with Gasteiger partial charge in [-0.2, -0.15) is 0 Å². The zero-order chi connectivity index (χ0) is 24.9. The zero-order valence-corrected chi connectivity index (χ0v) is 20.8. The topological polar surface area (TPSA) is 94.8 Å². The van der Waals surface area contributed by atoms with Crippen LogP contribution in [0.2, 0.25) is 5.02 Å². The van der Waals surface area contributed by atoms with Gasteiger partial charge in [0.2, 0.25) is 0 Å². The fraction of sp³-hybridized carbons (Fsp3) is 0.444. The van der Waals surface area contributed by atoms with Crippen molar-refractivity contribution in [2.24, 2.45) is 5.41 Å². The van der Waals surface area contributed by atoms with Crippen LogP contribution in [-0.2, 0) is 19.1 Å². The van der Waals surface area contributed by atoms with Gasteiger partial charge in [0.25, 0.3) is 0 Å². The van der Waals surface area contributed by atoms with Gasteiger partial charge in [0, 0.05) is 40.6 Å². The third-order valence-corrected chi connectivity index (χ3v) is 7.19. The second-order valence-corrected chi connectivity index (χ2v) is 10.8. The van der Waals surface area contributed by atoms with Gasteiger partial charge in [-0.15, -0.1) is 0 Å². The van der Waals surface area contributed by atoms with Crippen LogP contribution >= 0.6 is 11.6 Å². The van der Waals surface area contributed by atoms with E-state index in [4.69, 9.17) is 25.5 Å². The van der Waals surface area contributed by atoms with Crippen molar-refractivity contribution in [3.05, 3.63) is 67.8 Å². The number of esters is 1. The second kappa shape index (κ2) is 8.95. The molecule has 1 aromatic carbocycles. The Morgan fingerprint density at radius 1 is 1.26 bits per heavy atom. The van der Waals surface area contributed by atoms with Crippen molar-refractivity contribution in [3.8, 4) is 0 Å². The molecule has 1 aliphatic carbocycles. The highest BCUT2D eigenvalue weighted by Gasteiger charge is 2.44. The third kappa shape index (κ3) is 4.43. The predicted molar refractivity (Wildman–Crippen MR) is 131 cm³/mol. The van der Waals surface area contributed by atoms with E-state index in [1.807, 2.05) is 13.8 Å². The Morgan fingerprint density at radius 3 is 2.80 bits per heavy atom. The van der Waals surface area contributed by atoms with Gasteiger partial charge in [0.1, 0.15) is 12.2 Å². The number of Topliss-reactive ketones (excluding diaryl/α,β-unsaturated/α-hetero) is 1. The summed E-state index contributed by atoms with van der Waals surface area (Å²) in [4.78, 5) is 40.5. The van der Waals surface area contributed by atoms with Crippen molar-refractivity contribution in [2.45, 2.75) is 58.5 Å². The number of rotatable bonds is 4. The van der Waals surface area contributed by atoms with Gasteiger partial charge in [-0.05, 0) is 49.8 Å². The van der Waals surface area contributed by atoms with Crippen LogP contribution < -0.4 is 10.7 Å². The van der Waals surface area contributed by atoms with Crippen molar-refractivity contribution in [3.63, 3.8) is 0 Å². The molecule has 2 atom stereocenters. The molecule has 1 N–H and O–H groups in total. The van der Waals surface area contributed by atoms with Crippen LogP contribution in [0.15, 0.2) is 56.2 Å². The number of allylic oxidation sites excluding steroid dienone is 3. The van der Waals surface area contributed by atoms with Crippen molar-refractivity contribution in [1.82, 2.24) is 5.32 Å². The molecule has 0 bridgehead atoms. The van der Waals surface area contributed by atoms with Crippen LogP contribution in [0, 0.1) is 5.41 Å². The first-order valence-electron chi connectivity index (χ1n) is 11.9. The van der Waals surface area contributed by atoms with Crippen LogP contribution in [0.5, 0.6) is 0 Å². The number of dihydropyridines is 1. The molecule has 3 heterocycles. The first kappa shape index (κ1) is 23.8. The summed E-state index contributed by atoms with van der Waals surface area (Å²) in [5.74, 6) is -1.58. The molecule has 2 unspecified atom stereocenters. The molecule has 1 aromatic heterocycles. The molecule has 1 fully saturated rings. The molecule has 35 heavy (non-hydrogen) atoms. The molecule has 1 saturated heterocycles. The highest BCUT2D eigenvalue weighted by atomic mass is 35.5. The average molecular weight is 498 g/mol. The SMILES string of the molecule is CC1=C(C(=O)OCC2CCCO2)C(c2coc3ccc(Cl)cc3c2=O)C2=C(CC(C)(C)CC2=O)N1. The van der Waals surface area contributed by atoms with Crippen LogP contribution in [0.4, 0.5) is 0 Å². The lowest BCUT2D eigenvalue weighted by molar-refractivity contribution is -0.142. The molecule has 5 rings (SSSR count). The number of hydrogen-bond acceptors (Lipinski definition) is 7. The molecule has 184 valence electrons. The summed E-state index contributed by atoms with van der Waals surface area (Å²) in [5, 5.41) is 3.97. The molecule has 2 aliphatic heterocycles. The van der Waals surface area contributed by atoms with Crippen molar-refractivity contribution in [1.29, 1.82) is 0 Å². The van der Waals surface area contributed by atoms with E-state index >= 15 is 0 Å². The van der Waals surface area contributed by atoms with Crippen LogP contribution in [-0.4, -0.2) is 31.1 Å². The highest BCUT2D eigenvalue weighted by Crippen LogP contribution is 2.46. The van der Waals surface area contributed by atoms with Crippen molar-refractivity contribution >= 4 is 34.3 Å². The van der Waals surface area contributed by atoms with Gasteiger partial charge in [-0.25, -0.2) is 4.79 Å². The normalized spacial score (nSPS) is 23.9. The predicted octanol–water partition coefficient (Wildman–Crippen LogP) is 4.77. The Morgan fingerprint density at radius 2 is 2.06 bits per heavy atom. The molecule has 0 spiro atoms. The number of hydrogen-bond donors (Lipinski definition) is 1. The van der Waals surface area contributed by atoms with Crippen LogP contribution in [0.25, 0.3) is 11.0 Å². The van der Waals surface area contributed by atoms with E-state index in [1.54, 1.807) is 25.1 Å². The summed E-state index contributed by atoms with van der Waals surface area (Å²) in [7, 11) is 0. The Labute approximate surface area is 208 Å². The summed E-state index contributed by atoms with van der Waals surface area (Å²) >= 11 is 6.15. The molecule has 3 aliphatic rings. The molecular formula is C27H28ClNO6. The van der Waals surface area contributed by atoms with Gasteiger partial charge in [-0.1, -0.05) is 25.4 Å². The Hall–Kier alpha value is -2.90. The fourth-order valence-electron chi connectivity index (χ4n) is 5.36. The molecule has 7 nitrogen and oxygen atoms in total. The molecule has 0 saturated carbocycles. The van der Waals surface area contributed by atoms with E-state index < -0.39 is 11.9 Å². The van der Waals surface area contributed by atoms with Crippen molar-refractivity contribution in [2.75, 3.05) is 13.2 Å². The number of fused-ring (bicyclic) bond motifs is 1. The monoisotopic (exact) mass is 497 g/mol. The van der Waals surface area contributed by atoms with Gasteiger partial charge in [-0.3, -0.25) is 9.59 Å². The van der Waals surface area contributed by atoms with Crippen LogP contribution in [0.3, 0.4) is 0 Å². The lowest BCUT2D eigenvalue weighted by Crippen LogP contribution is -2.40. The van der Waals surface area contributed by atoms with Crippen molar-refractivity contribution < 1.29 is 23.5 Å². The van der Waals surface area contributed by atoms with Gasteiger partial charge in [0.05, 0.1) is 29.2 Å². The van der Waals surface area contributed by atoms with E-state index in [0.717, 1.165) is 18.5 Å². The number of ketones is 1. The third-order valence-electron chi connectivity index (χ3n) is 6.96.